The number of hydrogen-bond acceptors (Lipinski definition) is 3. The third-order valence-electron chi connectivity index (χ3n) is 2.67. The molecular formula is C14H12ClFN2O2. The van der Waals surface area contributed by atoms with Gasteiger partial charge in [0, 0.05) is 22.5 Å². The second kappa shape index (κ2) is 5.79. The predicted molar refractivity (Wildman–Crippen MR) is 76.8 cm³/mol. The minimum atomic E-state index is -0.507. The van der Waals surface area contributed by atoms with E-state index in [0.29, 0.717) is 16.4 Å². The molecule has 20 heavy (non-hydrogen) atoms. The molecule has 0 unspecified atom stereocenters. The molecule has 0 saturated carbocycles. The normalized spacial score (nSPS) is 10.2. The van der Waals surface area contributed by atoms with Crippen molar-refractivity contribution in [3.8, 4) is 5.75 Å². The van der Waals surface area contributed by atoms with Gasteiger partial charge in [-0.1, -0.05) is 11.6 Å². The number of nitrogens with one attached hydrogen (secondary N) is 1. The van der Waals surface area contributed by atoms with Gasteiger partial charge in [0.25, 0.3) is 5.91 Å². The lowest BCUT2D eigenvalue weighted by Crippen LogP contribution is -2.14. The van der Waals surface area contributed by atoms with E-state index < -0.39 is 11.7 Å². The first-order valence-corrected chi connectivity index (χ1v) is 6.09. The molecule has 2 rings (SSSR count). The summed E-state index contributed by atoms with van der Waals surface area (Å²) in [5.41, 5.74) is 6.67. The molecule has 4 nitrogen and oxygen atoms in total. The Hall–Kier alpha value is -2.27. The molecule has 0 fully saturated rings. The second-order valence-corrected chi connectivity index (χ2v) is 4.47. The van der Waals surface area contributed by atoms with Crippen molar-refractivity contribution < 1.29 is 13.9 Å². The summed E-state index contributed by atoms with van der Waals surface area (Å²) in [6.07, 6.45) is 0. The number of methoxy groups -OCH3 is 1. The summed E-state index contributed by atoms with van der Waals surface area (Å²) < 4.78 is 18.1. The first kappa shape index (κ1) is 14.1. The fraction of sp³-hybridized carbons (Fsp3) is 0.0714. The Balaban J connectivity index is 2.25. The van der Waals surface area contributed by atoms with E-state index in [1.165, 1.54) is 31.4 Å². The molecule has 0 saturated heterocycles. The van der Waals surface area contributed by atoms with E-state index in [0.717, 1.165) is 0 Å². The summed E-state index contributed by atoms with van der Waals surface area (Å²) in [6, 6.07) is 8.62. The average Bonchev–Trinajstić information content (AvgIpc) is 2.43. The minimum Gasteiger partial charge on any atom is -0.494 e. The van der Waals surface area contributed by atoms with E-state index in [9.17, 15) is 9.18 Å². The van der Waals surface area contributed by atoms with Gasteiger partial charge in [0.2, 0.25) is 0 Å². The second-order valence-electron chi connectivity index (χ2n) is 4.04. The Morgan fingerprint density at radius 2 is 2.05 bits per heavy atom. The van der Waals surface area contributed by atoms with Crippen molar-refractivity contribution in [3.63, 3.8) is 0 Å². The molecule has 0 aliphatic rings. The summed E-state index contributed by atoms with van der Waals surface area (Å²) in [6.45, 7) is 0. The lowest BCUT2D eigenvalue weighted by molar-refractivity contribution is 0.102. The van der Waals surface area contributed by atoms with Crippen molar-refractivity contribution in [2.24, 2.45) is 0 Å². The van der Waals surface area contributed by atoms with Crippen LogP contribution in [0, 0.1) is 5.82 Å². The minimum absolute atomic E-state index is 0.0434. The van der Waals surface area contributed by atoms with E-state index in [4.69, 9.17) is 22.1 Å². The molecule has 0 atom stereocenters. The van der Waals surface area contributed by atoms with Crippen LogP contribution < -0.4 is 15.8 Å². The van der Waals surface area contributed by atoms with E-state index in [1.54, 1.807) is 12.1 Å². The Kier molecular flexibility index (Phi) is 4.10. The molecule has 0 aromatic heterocycles. The highest BCUT2D eigenvalue weighted by atomic mass is 35.5. The fourth-order valence-corrected chi connectivity index (χ4v) is 1.83. The maximum absolute atomic E-state index is 13.3. The molecule has 0 aliphatic carbocycles. The van der Waals surface area contributed by atoms with Gasteiger partial charge >= 0.3 is 0 Å². The zero-order valence-corrected chi connectivity index (χ0v) is 11.4. The van der Waals surface area contributed by atoms with Crippen LogP contribution in [0.1, 0.15) is 10.4 Å². The molecule has 0 aliphatic heterocycles. The van der Waals surface area contributed by atoms with Crippen LogP contribution in [-0.2, 0) is 0 Å². The van der Waals surface area contributed by atoms with Gasteiger partial charge in [-0.25, -0.2) is 4.39 Å². The molecule has 2 aromatic carbocycles. The lowest BCUT2D eigenvalue weighted by atomic mass is 10.1. The largest absolute Gasteiger partial charge is 0.494 e. The Morgan fingerprint density at radius 3 is 2.75 bits per heavy atom. The van der Waals surface area contributed by atoms with Crippen LogP contribution in [0.5, 0.6) is 5.75 Å². The molecule has 3 N–H and O–H groups in total. The monoisotopic (exact) mass is 294 g/mol. The van der Waals surface area contributed by atoms with Gasteiger partial charge in [-0.05, 0) is 30.3 Å². The molecule has 6 heteroatoms. The first-order chi connectivity index (χ1) is 9.51. The highest BCUT2D eigenvalue weighted by Gasteiger charge is 2.12. The molecule has 0 heterocycles. The number of amides is 1. The molecule has 104 valence electrons. The number of anilines is 2. The SMILES string of the molecule is COc1cc(NC(=O)c2cc(Cl)ccc2N)ccc1F. The van der Waals surface area contributed by atoms with Crippen molar-refractivity contribution in [1.82, 2.24) is 0 Å². The number of hydrogen-bond donors (Lipinski definition) is 2. The molecule has 1 amide bonds. The predicted octanol–water partition coefficient (Wildman–Crippen LogP) is 3.32. The Morgan fingerprint density at radius 1 is 1.30 bits per heavy atom. The molecular weight excluding hydrogens is 283 g/mol. The van der Waals surface area contributed by atoms with Gasteiger partial charge in [-0.3, -0.25) is 4.79 Å². The Bertz CT molecular complexity index is 662. The van der Waals surface area contributed by atoms with E-state index in [2.05, 4.69) is 5.32 Å². The van der Waals surface area contributed by atoms with Crippen molar-refractivity contribution in [1.29, 1.82) is 0 Å². The maximum Gasteiger partial charge on any atom is 0.257 e. The Labute approximate surface area is 120 Å². The van der Waals surface area contributed by atoms with Gasteiger partial charge in [0.05, 0.1) is 12.7 Å². The van der Waals surface area contributed by atoms with E-state index in [-0.39, 0.29) is 11.3 Å². The number of halogens is 2. The standard InChI is InChI=1S/C14H12ClFN2O2/c1-20-13-7-9(3-4-11(13)16)18-14(19)10-6-8(15)2-5-12(10)17/h2-7H,17H2,1H3,(H,18,19). The summed E-state index contributed by atoms with van der Waals surface area (Å²) in [4.78, 5) is 12.1. The summed E-state index contributed by atoms with van der Waals surface area (Å²) in [5, 5.41) is 3.01. The summed E-state index contributed by atoms with van der Waals surface area (Å²) >= 11 is 5.83. The van der Waals surface area contributed by atoms with E-state index in [1.807, 2.05) is 0 Å². The van der Waals surface area contributed by atoms with Crippen molar-refractivity contribution in [2.75, 3.05) is 18.2 Å². The molecule has 0 radical (unpaired) electrons. The zero-order chi connectivity index (χ0) is 14.7. The van der Waals surface area contributed by atoms with Gasteiger partial charge in [0.1, 0.15) is 0 Å². The highest BCUT2D eigenvalue weighted by Crippen LogP contribution is 2.23. The van der Waals surface area contributed by atoms with Crippen LogP contribution in [-0.4, -0.2) is 13.0 Å². The number of benzene rings is 2. The molecule has 0 bridgehead atoms. The van der Waals surface area contributed by atoms with Crippen molar-refractivity contribution in [3.05, 3.63) is 52.8 Å². The first-order valence-electron chi connectivity index (χ1n) is 5.71. The molecule has 2 aromatic rings. The summed E-state index contributed by atoms with van der Waals surface area (Å²) in [7, 11) is 1.35. The molecule has 0 spiro atoms. The number of nitrogens with two attached hydrogens (primary N) is 1. The zero-order valence-electron chi connectivity index (χ0n) is 10.6. The van der Waals surface area contributed by atoms with Crippen LogP contribution >= 0.6 is 11.6 Å². The van der Waals surface area contributed by atoms with Crippen LogP contribution in [0.2, 0.25) is 5.02 Å². The van der Waals surface area contributed by atoms with Gasteiger partial charge in [-0.15, -0.1) is 0 Å². The maximum atomic E-state index is 13.3. The number of ether oxygens (including phenoxy) is 1. The van der Waals surface area contributed by atoms with Crippen molar-refractivity contribution in [2.45, 2.75) is 0 Å². The van der Waals surface area contributed by atoms with Crippen molar-refractivity contribution >= 4 is 28.9 Å². The number of nitrogen functional groups attached to an aromatic ring is 1. The summed E-state index contributed by atoms with van der Waals surface area (Å²) in [5.74, 6) is -0.895. The topological polar surface area (TPSA) is 64.3 Å². The van der Waals surface area contributed by atoms with E-state index >= 15 is 0 Å². The smallest absolute Gasteiger partial charge is 0.257 e. The van der Waals surface area contributed by atoms with Crippen LogP contribution in [0.3, 0.4) is 0 Å². The lowest BCUT2D eigenvalue weighted by Gasteiger charge is -2.09. The van der Waals surface area contributed by atoms with Crippen LogP contribution in [0.4, 0.5) is 15.8 Å². The third kappa shape index (κ3) is 3.00. The average molecular weight is 295 g/mol. The van der Waals surface area contributed by atoms with Crippen LogP contribution in [0.25, 0.3) is 0 Å². The third-order valence-corrected chi connectivity index (χ3v) is 2.90. The highest BCUT2D eigenvalue weighted by molar-refractivity contribution is 6.31. The van der Waals surface area contributed by atoms with Gasteiger partial charge in [0.15, 0.2) is 11.6 Å². The quantitative estimate of drug-likeness (QED) is 0.854. The number of carbonyl (C=O) groups is 1. The van der Waals surface area contributed by atoms with Crippen LogP contribution in [0.15, 0.2) is 36.4 Å². The van der Waals surface area contributed by atoms with Gasteiger partial charge in [-0.2, -0.15) is 0 Å². The van der Waals surface area contributed by atoms with Gasteiger partial charge < -0.3 is 15.8 Å². The number of carbonyl (C=O) groups excluding carboxylic acids is 1. The number of rotatable bonds is 3. The fourth-order valence-electron chi connectivity index (χ4n) is 1.66.